The van der Waals surface area contributed by atoms with E-state index in [1.54, 1.807) is 0 Å². The van der Waals surface area contributed by atoms with Gasteiger partial charge in [-0.2, -0.15) is 0 Å². The van der Waals surface area contributed by atoms with Crippen LogP contribution in [0.1, 0.15) is 24.2 Å². The summed E-state index contributed by atoms with van der Waals surface area (Å²) in [7, 11) is 3.91. The van der Waals surface area contributed by atoms with Crippen LogP contribution in [0.5, 0.6) is 0 Å². The second kappa shape index (κ2) is 7.45. The van der Waals surface area contributed by atoms with E-state index in [4.69, 9.17) is 0 Å². The Balaban J connectivity index is 2.79. The number of hydrogen-bond acceptors (Lipinski definition) is 3. The third-order valence-electron chi connectivity index (χ3n) is 3.23. The van der Waals surface area contributed by atoms with Crippen molar-refractivity contribution in [2.45, 2.75) is 19.9 Å². The molecule has 1 aromatic rings. The number of hydrogen-bond donors (Lipinski definition) is 0. The molecule has 112 valence electrons. The van der Waals surface area contributed by atoms with Crippen LogP contribution in [0.3, 0.4) is 0 Å². The topological polar surface area (TPSA) is 23.6 Å². The van der Waals surface area contributed by atoms with E-state index >= 15 is 0 Å². The van der Waals surface area contributed by atoms with E-state index in [-0.39, 0.29) is 18.2 Å². The quantitative estimate of drug-likeness (QED) is 0.718. The summed E-state index contributed by atoms with van der Waals surface area (Å²) in [4.78, 5) is 16.1. The number of Topliss-reactive ketones (excluding diaryl/α,β-unsaturated/α-hetero) is 1. The molecule has 0 spiro atoms. The number of rotatable bonds is 7. The highest BCUT2D eigenvalue weighted by Crippen LogP contribution is 2.12. The summed E-state index contributed by atoms with van der Waals surface area (Å²) in [6, 6.07) is 3.12. The maximum Gasteiger partial charge on any atom is 0.179 e. The number of carbonyl (C=O) groups is 1. The Morgan fingerprint density at radius 2 is 1.95 bits per heavy atom. The molecule has 20 heavy (non-hydrogen) atoms. The van der Waals surface area contributed by atoms with Gasteiger partial charge in [0.25, 0.3) is 0 Å². The summed E-state index contributed by atoms with van der Waals surface area (Å²) < 4.78 is 26.7. The van der Waals surface area contributed by atoms with Crippen molar-refractivity contribution in [3.8, 4) is 0 Å². The minimum absolute atomic E-state index is 0.0892. The Morgan fingerprint density at radius 1 is 1.30 bits per heavy atom. The lowest BCUT2D eigenvalue weighted by molar-refractivity contribution is 0.0884. The molecule has 5 heteroatoms. The number of likely N-dealkylation sites (N-methyl/N-ethyl adjacent to an activating group) is 2. The van der Waals surface area contributed by atoms with Crippen molar-refractivity contribution in [3.05, 3.63) is 35.4 Å². The largest absolute Gasteiger partial charge is 0.308 e. The fraction of sp³-hybridized carbons (Fsp3) is 0.533. The summed E-state index contributed by atoms with van der Waals surface area (Å²) >= 11 is 0. The standard InChI is InChI=1S/C15H22F2N2O/c1-5-19(11(2)9-18(3)4)10-15(20)13-8-12(16)6-7-14(13)17/h6-8,11H,5,9-10H2,1-4H3. The van der Waals surface area contributed by atoms with Gasteiger partial charge in [0.15, 0.2) is 5.78 Å². The smallest absolute Gasteiger partial charge is 0.179 e. The fourth-order valence-corrected chi connectivity index (χ4v) is 2.20. The predicted molar refractivity (Wildman–Crippen MR) is 76.0 cm³/mol. The molecule has 0 aromatic heterocycles. The zero-order chi connectivity index (χ0) is 15.3. The molecular weight excluding hydrogens is 262 g/mol. The van der Waals surface area contributed by atoms with Gasteiger partial charge in [0.2, 0.25) is 0 Å². The maximum atomic E-state index is 13.6. The van der Waals surface area contributed by atoms with Crippen molar-refractivity contribution >= 4 is 5.78 Å². The van der Waals surface area contributed by atoms with Gasteiger partial charge in [-0.25, -0.2) is 8.78 Å². The zero-order valence-corrected chi connectivity index (χ0v) is 12.5. The van der Waals surface area contributed by atoms with Crippen LogP contribution < -0.4 is 0 Å². The molecule has 1 rings (SSSR count). The second-order valence-electron chi connectivity index (χ2n) is 5.22. The molecule has 0 aliphatic rings. The van der Waals surface area contributed by atoms with Crippen molar-refractivity contribution in [1.82, 2.24) is 9.80 Å². The lowest BCUT2D eigenvalue weighted by Gasteiger charge is -2.29. The first-order chi connectivity index (χ1) is 9.35. The number of carbonyl (C=O) groups excluding carboxylic acids is 1. The van der Waals surface area contributed by atoms with Gasteiger partial charge in [0.1, 0.15) is 11.6 Å². The molecule has 0 heterocycles. The molecule has 3 nitrogen and oxygen atoms in total. The van der Waals surface area contributed by atoms with Gasteiger partial charge >= 0.3 is 0 Å². The third-order valence-corrected chi connectivity index (χ3v) is 3.23. The molecule has 0 fully saturated rings. The van der Waals surface area contributed by atoms with Crippen LogP contribution in [0, 0.1) is 11.6 Å². The van der Waals surface area contributed by atoms with Crippen LogP contribution in [0.4, 0.5) is 8.78 Å². The summed E-state index contributed by atoms with van der Waals surface area (Å²) in [6.45, 7) is 5.52. The van der Waals surface area contributed by atoms with Crippen LogP contribution >= 0.6 is 0 Å². The highest BCUT2D eigenvalue weighted by molar-refractivity contribution is 5.97. The third kappa shape index (κ3) is 4.65. The Labute approximate surface area is 119 Å². The highest BCUT2D eigenvalue weighted by atomic mass is 19.1. The minimum atomic E-state index is -0.673. The lowest BCUT2D eigenvalue weighted by Crippen LogP contribution is -2.42. The van der Waals surface area contributed by atoms with Crippen molar-refractivity contribution in [1.29, 1.82) is 0 Å². The Bertz CT molecular complexity index is 463. The zero-order valence-electron chi connectivity index (χ0n) is 12.5. The van der Waals surface area contributed by atoms with Crippen LogP contribution in [0.2, 0.25) is 0 Å². The highest BCUT2D eigenvalue weighted by Gasteiger charge is 2.19. The van der Waals surface area contributed by atoms with E-state index in [2.05, 4.69) is 0 Å². The number of benzene rings is 1. The minimum Gasteiger partial charge on any atom is -0.308 e. The number of halogens is 2. The Hall–Kier alpha value is -1.33. The van der Waals surface area contributed by atoms with Gasteiger partial charge in [-0.05, 0) is 45.8 Å². The number of ketones is 1. The van der Waals surface area contributed by atoms with Crippen LogP contribution in [-0.2, 0) is 0 Å². The van der Waals surface area contributed by atoms with Gasteiger partial charge in [0, 0.05) is 12.6 Å². The molecule has 0 N–H and O–H groups in total. The summed E-state index contributed by atoms with van der Waals surface area (Å²) in [5.74, 6) is -1.67. The van der Waals surface area contributed by atoms with E-state index in [9.17, 15) is 13.6 Å². The van der Waals surface area contributed by atoms with Crippen molar-refractivity contribution in [3.63, 3.8) is 0 Å². The molecule has 1 aromatic carbocycles. The normalized spacial score (nSPS) is 13.0. The Kier molecular flexibility index (Phi) is 6.23. The maximum absolute atomic E-state index is 13.6. The van der Waals surface area contributed by atoms with E-state index in [1.807, 2.05) is 37.7 Å². The number of nitrogens with zero attached hydrogens (tertiary/aromatic N) is 2. The molecule has 0 saturated heterocycles. The molecule has 0 aliphatic heterocycles. The van der Waals surface area contributed by atoms with Crippen molar-refractivity contribution < 1.29 is 13.6 Å². The van der Waals surface area contributed by atoms with Gasteiger partial charge in [-0.3, -0.25) is 9.69 Å². The van der Waals surface area contributed by atoms with Crippen LogP contribution in [-0.4, -0.2) is 55.4 Å². The molecule has 0 bridgehead atoms. The summed E-state index contributed by atoms with van der Waals surface area (Å²) in [6.07, 6.45) is 0. The first-order valence-corrected chi connectivity index (χ1v) is 6.72. The van der Waals surface area contributed by atoms with E-state index in [0.717, 1.165) is 24.7 Å². The average Bonchev–Trinajstić information content (AvgIpc) is 2.37. The van der Waals surface area contributed by atoms with Gasteiger partial charge < -0.3 is 4.90 Å². The summed E-state index contributed by atoms with van der Waals surface area (Å²) in [5, 5.41) is 0. The van der Waals surface area contributed by atoms with Crippen molar-refractivity contribution in [2.75, 3.05) is 33.7 Å². The first kappa shape index (κ1) is 16.7. The SMILES string of the molecule is CCN(CC(=O)c1cc(F)ccc1F)C(C)CN(C)C. The molecule has 0 aliphatic carbocycles. The molecule has 0 radical (unpaired) electrons. The fourth-order valence-electron chi connectivity index (χ4n) is 2.20. The van der Waals surface area contributed by atoms with E-state index in [1.165, 1.54) is 0 Å². The van der Waals surface area contributed by atoms with E-state index in [0.29, 0.717) is 6.54 Å². The molecule has 1 unspecified atom stereocenters. The molecule has 0 amide bonds. The van der Waals surface area contributed by atoms with Crippen molar-refractivity contribution in [2.24, 2.45) is 0 Å². The van der Waals surface area contributed by atoms with Gasteiger partial charge in [-0.1, -0.05) is 6.92 Å². The summed E-state index contributed by atoms with van der Waals surface area (Å²) in [5.41, 5.74) is -0.180. The van der Waals surface area contributed by atoms with Gasteiger partial charge in [-0.15, -0.1) is 0 Å². The predicted octanol–water partition coefficient (Wildman–Crippen LogP) is 2.42. The molecule has 0 saturated carbocycles. The Morgan fingerprint density at radius 3 is 2.50 bits per heavy atom. The first-order valence-electron chi connectivity index (χ1n) is 6.72. The molecule has 1 atom stereocenters. The second-order valence-corrected chi connectivity index (χ2v) is 5.22. The van der Waals surface area contributed by atoms with E-state index < -0.39 is 17.4 Å². The van der Waals surface area contributed by atoms with Gasteiger partial charge in [0.05, 0.1) is 12.1 Å². The van der Waals surface area contributed by atoms with Crippen LogP contribution in [0.15, 0.2) is 18.2 Å². The average molecular weight is 284 g/mol. The van der Waals surface area contributed by atoms with Crippen LogP contribution in [0.25, 0.3) is 0 Å². The lowest BCUT2D eigenvalue weighted by atomic mass is 10.1. The monoisotopic (exact) mass is 284 g/mol. The molecular formula is C15H22F2N2O.